The van der Waals surface area contributed by atoms with Gasteiger partial charge in [-0.15, -0.1) is 0 Å². The monoisotopic (exact) mass is 296 g/mol. The molecular formula is C17H28O4. The molecule has 4 heteroatoms. The quantitative estimate of drug-likeness (QED) is 0.685. The molecule has 4 nitrogen and oxygen atoms in total. The highest BCUT2D eigenvalue weighted by Crippen LogP contribution is 2.48. The maximum absolute atomic E-state index is 11.3. The van der Waals surface area contributed by atoms with Crippen LogP contribution in [0.25, 0.3) is 0 Å². The predicted octanol–water partition coefficient (Wildman–Crippen LogP) is 2.96. The summed E-state index contributed by atoms with van der Waals surface area (Å²) < 4.78 is 0. The summed E-state index contributed by atoms with van der Waals surface area (Å²) in [6.07, 6.45) is 3.34. The van der Waals surface area contributed by atoms with Gasteiger partial charge in [-0.25, -0.2) is 0 Å². The van der Waals surface area contributed by atoms with E-state index >= 15 is 0 Å². The van der Waals surface area contributed by atoms with E-state index in [0.717, 1.165) is 0 Å². The highest BCUT2D eigenvalue weighted by Gasteiger charge is 2.49. The molecule has 0 amide bonds. The van der Waals surface area contributed by atoms with Gasteiger partial charge < -0.3 is 15.3 Å². The van der Waals surface area contributed by atoms with Crippen molar-refractivity contribution in [3.05, 3.63) is 23.3 Å². The first-order valence-corrected chi connectivity index (χ1v) is 7.31. The van der Waals surface area contributed by atoms with Crippen LogP contribution < -0.4 is 0 Å². The molecule has 0 bridgehead atoms. The number of rotatable bonds is 2. The Morgan fingerprint density at radius 3 is 2.00 bits per heavy atom. The van der Waals surface area contributed by atoms with Crippen molar-refractivity contribution in [3.63, 3.8) is 0 Å². The number of aliphatic hydroxyl groups is 2. The average molecular weight is 296 g/mol. The molecule has 0 saturated heterocycles. The number of hydrogen-bond acceptors (Lipinski definition) is 3. The van der Waals surface area contributed by atoms with Crippen molar-refractivity contribution >= 4 is 5.97 Å². The van der Waals surface area contributed by atoms with Gasteiger partial charge in [0.05, 0.1) is 5.92 Å². The largest absolute Gasteiger partial charge is 0.481 e. The van der Waals surface area contributed by atoms with Gasteiger partial charge in [0.25, 0.3) is 0 Å². The molecule has 0 saturated carbocycles. The lowest BCUT2D eigenvalue weighted by Crippen LogP contribution is -2.50. The van der Waals surface area contributed by atoms with E-state index < -0.39 is 34.4 Å². The van der Waals surface area contributed by atoms with E-state index in [2.05, 4.69) is 0 Å². The fourth-order valence-corrected chi connectivity index (χ4v) is 2.83. The Labute approximate surface area is 127 Å². The lowest BCUT2D eigenvalue weighted by Gasteiger charge is -2.46. The molecular weight excluding hydrogens is 268 g/mol. The highest BCUT2D eigenvalue weighted by atomic mass is 16.5. The molecule has 0 aliphatic heterocycles. The summed E-state index contributed by atoms with van der Waals surface area (Å²) in [7, 11) is 0. The van der Waals surface area contributed by atoms with Crippen molar-refractivity contribution in [2.45, 2.75) is 54.3 Å². The number of hydrogen-bond donors (Lipinski definition) is 3. The van der Waals surface area contributed by atoms with Gasteiger partial charge in [0, 0.05) is 5.92 Å². The predicted molar refractivity (Wildman–Crippen MR) is 82.5 cm³/mol. The number of aliphatic carboxylic acids is 1. The van der Waals surface area contributed by atoms with E-state index in [9.17, 15) is 20.1 Å². The maximum atomic E-state index is 11.3. The van der Waals surface area contributed by atoms with Gasteiger partial charge in [-0.1, -0.05) is 53.7 Å². The van der Waals surface area contributed by atoms with Crippen molar-refractivity contribution in [2.24, 2.45) is 22.7 Å². The minimum atomic E-state index is -1.97. The summed E-state index contributed by atoms with van der Waals surface area (Å²) in [4.78, 5) is 11.3. The maximum Gasteiger partial charge on any atom is 0.310 e. The van der Waals surface area contributed by atoms with Crippen LogP contribution in [0, 0.1) is 22.7 Å². The molecule has 1 aliphatic carbocycles. The third kappa shape index (κ3) is 3.55. The van der Waals surface area contributed by atoms with Gasteiger partial charge in [0.1, 0.15) is 0 Å². The SMILES string of the molecule is CC(C(=O)O)C1=CC(C(C)(C)C)C(O)(O)C(C(C)(C)C)=C1. The Morgan fingerprint density at radius 1 is 1.19 bits per heavy atom. The second-order valence-corrected chi connectivity index (χ2v) is 8.10. The van der Waals surface area contributed by atoms with Crippen LogP contribution in [0.4, 0.5) is 0 Å². The molecule has 21 heavy (non-hydrogen) atoms. The van der Waals surface area contributed by atoms with Crippen LogP contribution in [-0.4, -0.2) is 27.1 Å². The molecule has 3 N–H and O–H groups in total. The van der Waals surface area contributed by atoms with Crippen molar-refractivity contribution in [1.29, 1.82) is 0 Å². The van der Waals surface area contributed by atoms with Crippen molar-refractivity contribution in [2.75, 3.05) is 0 Å². The molecule has 1 aliphatic rings. The number of allylic oxidation sites excluding steroid dienone is 1. The fraction of sp³-hybridized carbons (Fsp3) is 0.706. The van der Waals surface area contributed by atoms with Gasteiger partial charge >= 0.3 is 5.97 Å². The van der Waals surface area contributed by atoms with E-state index in [1.807, 2.05) is 41.5 Å². The summed E-state index contributed by atoms with van der Waals surface area (Å²) in [5.41, 5.74) is 0.217. The van der Waals surface area contributed by atoms with Crippen molar-refractivity contribution < 1.29 is 20.1 Å². The number of carbonyl (C=O) groups is 1. The molecule has 0 aromatic rings. The standard InChI is InChI=1S/C17H28O4/c1-10(14(18)19)11-8-12(15(2,3)4)17(20,21)13(9-11)16(5,6)7/h8-10,12,20-21H,1-7H3,(H,18,19). The first-order chi connectivity index (χ1) is 9.19. The third-order valence-corrected chi connectivity index (χ3v) is 4.11. The van der Waals surface area contributed by atoms with Crippen LogP contribution >= 0.6 is 0 Å². The molecule has 0 heterocycles. The smallest absolute Gasteiger partial charge is 0.310 e. The first kappa shape index (κ1) is 17.9. The van der Waals surface area contributed by atoms with Gasteiger partial charge in [-0.2, -0.15) is 0 Å². The summed E-state index contributed by atoms with van der Waals surface area (Å²) >= 11 is 0. The van der Waals surface area contributed by atoms with Crippen LogP contribution in [0.1, 0.15) is 48.5 Å². The summed E-state index contributed by atoms with van der Waals surface area (Å²) in [5.74, 6) is -4.13. The lowest BCUT2D eigenvalue weighted by molar-refractivity contribution is -0.188. The minimum absolute atomic E-state index is 0.405. The van der Waals surface area contributed by atoms with E-state index in [0.29, 0.717) is 11.1 Å². The minimum Gasteiger partial charge on any atom is -0.481 e. The van der Waals surface area contributed by atoms with Crippen LogP contribution in [0.5, 0.6) is 0 Å². The highest BCUT2D eigenvalue weighted by molar-refractivity contribution is 5.74. The second-order valence-electron chi connectivity index (χ2n) is 8.10. The summed E-state index contributed by atoms with van der Waals surface area (Å²) in [6.45, 7) is 13.1. The number of carboxylic acid groups (broad SMARTS) is 1. The lowest BCUT2D eigenvalue weighted by atomic mass is 9.64. The summed E-state index contributed by atoms with van der Waals surface area (Å²) in [6, 6.07) is 0. The zero-order chi connectivity index (χ0) is 16.8. The topological polar surface area (TPSA) is 77.8 Å². The molecule has 0 aromatic carbocycles. The molecule has 0 spiro atoms. The zero-order valence-corrected chi connectivity index (χ0v) is 14.1. The van der Waals surface area contributed by atoms with Crippen molar-refractivity contribution in [1.82, 2.24) is 0 Å². The Hall–Kier alpha value is -1.13. The van der Waals surface area contributed by atoms with Crippen LogP contribution in [0.3, 0.4) is 0 Å². The van der Waals surface area contributed by atoms with Crippen LogP contribution in [0.15, 0.2) is 23.3 Å². The second kappa shape index (κ2) is 5.25. The normalized spacial score (nSPS) is 24.1. The Balaban J connectivity index is 3.50. The molecule has 2 unspecified atom stereocenters. The van der Waals surface area contributed by atoms with E-state index in [-0.39, 0.29) is 0 Å². The molecule has 1 rings (SSSR count). The fourth-order valence-electron chi connectivity index (χ4n) is 2.83. The van der Waals surface area contributed by atoms with Crippen LogP contribution in [0.2, 0.25) is 0 Å². The molecule has 120 valence electrons. The molecule has 2 atom stereocenters. The Morgan fingerprint density at radius 2 is 1.67 bits per heavy atom. The average Bonchev–Trinajstić information content (AvgIpc) is 2.23. The van der Waals surface area contributed by atoms with E-state index in [4.69, 9.17) is 0 Å². The zero-order valence-electron chi connectivity index (χ0n) is 14.1. The Kier molecular flexibility index (Phi) is 4.48. The molecule has 0 fully saturated rings. The van der Waals surface area contributed by atoms with E-state index in [1.165, 1.54) is 0 Å². The van der Waals surface area contributed by atoms with Gasteiger partial charge in [-0.3, -0.25) is 4.79 Å². The Bertz CT molecular complexity index is 484. The molecule has 0 radical (unpaired) electrons. The van der Waals surface area contributed by atoms with Crippen LogP contribution in [-0.2, 0) is 4.79 Å². The first-order valence-electron chi connectivity index (χ1n) is 7.31. The van der Waals surface area contributed by atoms with Crippen molar-refractivity contribution in [3.8, 4) is 0 Å². The van der Waals surface area contributed by atoms with Gasteiger partial charge in [-0.05, 0) is 28.9 Å². The third-order valence-electron chi connectivity index (χ3n) is 4.11. The van der Waals surface area contributed by atoms with Gasteiger partial charge in [0.2, 0.25) is 0 Å². The molecule has 0 aromatic heterocycles. The number of carboxylic acids is 1. The summed E-state index contributed by atoms with van der Waals surface area (Å²) in [5, 5.41) is 30.6. The van der Waals surface area contributed by atoms with Gasteiger partial charge in [0.15, 0.2) is 5.79 Å². The van der Waals surface area contributed by atoms with E-state index in [1.54, 1.807) is 19.1 Å².